The molecule has 0 aliphatic heterocycles. The molecular weight excluding hydrogens is 404 g/mol. The van der Waals surface area contributed by atoms with Gasteiger partial charge in [-0.2, -0.15) is 0 Å². The normalized spacial score (nSPS) is 12.4. The van der Waals surface area contributed by atoms with Crippen LogP contribution in [0.25, 0.3) is 0 Å². The molecule has 0 fully saturated rings. The molecule has 1 unspecified atom stereocenters. The minimum atomic E-state index is 0.632. The lowest BCUT2D eigenvalue weighted by Gasteiger charge is -2.23. The van der Waals surface area contributed by atoms with Crippen LogP contribution < -0.4 is 4.90 Å². The first kappa shape index (κ1) is 18.4. The van der Waals surface area contributed by atoms with Crippen LogP contribution in [0, 0.1) is 5.92 Å². The van der Waals surface area contributed by atoms with Crippen LogP contribution in [0.15, 0.2) is 24.3 Å². The van der Waals surface area contributed by atoms with E-state index in [1.165, 1.54) is 34.9 Å². The molecule has 0 bridgehead atoms. The van der Waals surface area contributed by atoms with Gasteiger partial charge in [0.15, 0.2) is 0 Å². The second kappa shape index (κ2) is 11.0. The van der Waals surface area contributed by atoms with Gasteiger partial charge in [0, 0.05) is 35.0 Å². The first-order valence-corrected chi connectivity index (χ1v) is 9.82. The number of halogens is 3. The summed E-state index contributed by atoms with van der Waals surface area (Å²) in [5, 5.41) is 0. The fourth-order valence-corrected chi connectivity index (χ4v) is 3.03. The highest BCUT2D eigenvalue weighted by Crippen LogP contribution is 2.18. The summed E-state index contributed by atoms with van der Waals surface area (Å²) < 4.78 is 1.25. The van der Waals surface area contributed by atoms with Gasteiger partial charge >= 0.3 is 0 Å². The summed E-state index contributed by atoms with van der Waals surface area (Å²) >= 11 is 14.1. The number of hydrogen-bond acceptors (Lipinski definition) is 1. The maximum Gasteiger partial charge on any atom is 0.0399 e. The van der Waals surface area contributed by atoms with E-state index >= 15 is 0 Å². The van der Waals surface area contributed by atoms with Crippen LogP contribution in [-0.2, 0) is 6.42 Å². The Hall–Kier alpha value is 0.330. The highest BCUT2D eigenvalue weighted by molar-refractivity contribution is 14.1. The molecule has 114 valence electrons. The molecule has 4 heteroatoms. The zero-order valence-corrected chi connectivity index (χ0v) is 15.8. The number of nitrogens with zero attached hydrogens (tertiary/aromatic N) is 1. The van der Waals surface area contributed by atoms with Crippen molar-refractivity contribution < 1.29 is 0 Å². The van der Waals surface area contributed by atoms with Gasteiger partial charge in [-0.05, 0) is 42.9 Å². The van der Waals surface area contributed by atoms with Crippen molar-refractivity contribution in [3.05, 3.63) is 29.8 Å². The predicted molar refractivity (Wildman–Crippen MR) is 101 cm³/mol. The third-order valence-corrected chi connectivity index (χ3v) is 5.28. The standard InChI is InChI=1S/C16H24Cl2IN/c1-14(13-19)3-2-4-15-5-7-16(8-6-15)20(11-9-17)12-10-18/h5-8,14H,2-4,9-13H2,1H3. The summed E-state index contributed by atoms with van der Waals surface area (Å²) in [4.78, 5) is 2.24. The number of rotatable bonds is 10. The van der Waals surface area contributed by atoms with Gasteiger partial charge in [0.25, 0.3) is 0 Å². The van der Waals surface area contributed by atoms with Gasteiger partial charge in [0.1, 0.15) is 0 Å². The predicted octanol–water partition coefficient (Wildman–Crippen LogP) is 5.36. The second-order valence-electron chi connectivity index (χ2n) is 5.18. The number of hydrogen-bond donors (Lipinski definition) is 0. The molecule has 1 rings (SSSR count). The molecule has 0 aliphatic carbocycles. The molecule has 0 saturated carbocycles. The molecule has 0 spiro atoms. The highest BCUT2D eigenvalue weighted by atomic mass is 127. The average Bonchev–Trinajstić information content (AvgIpc) is 2.47. The quantitative estimate of drug-likeness (QED) is 0.358. The Bertz CT molecular complexity index is 350. The molecule has 0 amide bonds. The maximum absolute atomic E-state index is 5.84. The zero-order valence-electron chi connectivity index (χ0n) is 12.1. The molecule has 0 aromatic heterocycles. The Morgan fingerprint density at radius 2 is 1.70 bits per heavy atom. The Labute approximate surface area is 147 Å². The molecule has 1 aromatic rings. The summed E-state index contributed by atoms with van der Waals surface area (Å²) in [6.45, 7) is 4.02. The Morgan fingerprint density at radius 3 is 2.20 bits per heavy atom. The van der Waals surface area contributed by atoms with Gasteiger partial charge in [0.2, 0.25) is 0 Å². The number of aryl methyl sites for hydroxylation is 1. The molecule has 0 saturated heterocycles. The van der Waals surface area contributed by atoms with E-state index in [2.05, 4.69) is 58.7 Å². The van der Waals surface area contributed by atoms with E-state index in [1.807, 2.05) is 0 Å². The van der Waals surface area contributed by atoms with E-state index in [0.29, 0.717) is 11.8 Å². The van der Waals surface area contributed by atoms with Crippen LogP contribution >= 0.6 is 45.8 Å². The molecule has 1 nitrogen and oxygen atoms in total. The van der Waals surface area contributed by atoms with Crippen molar-refractivity contribution in [2.24, 2.45) is 5.92 Å². The van der Waals surface area contributed by atoms with Gasteiger partial charge in [0.05, 0.1) is 0 Å². The average molecular weight is 428 g/mol. The van der Waals surface area contributed by atoms with E-state index in [9.17, 15) is 0 Å². The van der Waals surface area contributed by atoms with E-state index in [0.717, 1.165) is 19.0 Å². The molecule has 20 heavy (non-hydrogen) atoms. The smallest absolute Gasteiger partial charge is 0.0399 e. The summed E-state index contributed by atoms with van der Waals surface area (Å²) in [5.74, 6) is 2.09. The summed E-state index contributed by atoms with van der Waals surface area (Å²) in [6, 6.07) is 8.85. The third kappa shape index (κ3) is 6.86. The first-order chi connectivity index (χ1) is 9.71. The number of alkyl halides is 3. The lowest BCUT2D eigenvalue weighted by atomic mass is 10.0. The van der Waals surface area contributed by atoms with Crippen molar-refractivity contribution in [2.45, 2.75) is 26.2 Å². The summed E-state index contributed by atoms with van der Waals surface area (Å²) in [6.07, 6.45) is 3.76. The third-order valence-electron chi connectivity index (χ3n) is 3.44. The van der Waals surface area contributed by atoms with E-state index in [4.69, 9.17) is 23.2 Å². The van der Waals surface area contributed by atoms with Crippen molar-refractivity contribution in [2.75, 3.05) is 34.2 Å². The van der Waals surface area contributed by atoms with Gasteiger partial charge < -0.3 is 4.90 Å². The Kier molecular flexibility index (Phi) is 10.1. The molecule has 0 radical (unpaired) electrons. The minimum Gasteiger partial charge on any atom is -0.369 e. The van der Waals surface area contributed by atoms with Crippen molar-refractivity contribution in [1.29, 1.82) is 0 Å². The highest BCUT2D eigenvalue weighted by Gasteiger charge is 2.05. The topological polar surface area (TPSA) is 3.24 Å². The monoisotopic (exact) mass is 427 g/mol. The van der Waals surface area contributed by atoms with E-state index < -0.39 is 0 Å². The zero-order chi connectivity index (χ0) is 14.8. The van der Waals surface area contributed by atoms with Crippen molar-refractivity contribution in [1.82, 2.24) is 0 Å². The van der Waals surface area contributed by atoms with Crippen LogP contribution in [0.1, 0.15) is 25.3 Å². The van der Waals surface area contributed by atoms with Crippen molar-refractivity contribution in [3.63, 3.8) is 0 Å². The molecular formula is C16H24Cl2IN. The summed E-state index contributed by atoms with van der Waals surface area (Å²) in [5.41, 5.74) is 2.64. The molecule has 1 aromatic carbocycles. The van der Waals surface area contributed by atoms with Gasteiger partial charge in [-0.3, -0.25) is 0 Å². The number of benzene rings is 1. The van der Waals surface area contributed by atoms with Crippen LogP contribution in [-0.4, -0.2) is 29.3 Å². The SMILES string of the molecule is CC(CI)CCCc1ccc(N(CCCl)CCCl)cc1. The van der Waals surface area contributed by atoms with Gasteiger partial charge in [-0.1, -0.05) is 41.6 Å². The fourth-order valence-electron chi connectivity index (χ4n) is 2.18. The molecule has 1 atom stereocenters. The van der Waals surface area contributed by atoms with Gasteiger partial charge in [-0.15, -0.1) is 23.2 Å². The van der Waals surface area contributed by atoms with E-state index in [1.54, 1.807) is 0 Å². The maximum atomic E-state index is 5.84. The van der Waals surface area contributed by atoms with Crippen molar-refractivity contribution in [3.8, 4) is 0 Å². The van der Waals surface area contributed by atoms with Gasteiger partial charge in [-0.25, -0.2) is 0 Å². The lowest BCUT2D eigenvalue weighted by molar-refractivity contribution is 0.570. The number of anilines is 1. The van der Waals surface area contributed by atoms with Crippen LogP contribution in [0.5, 0.6) is 0 Å². The molecule has 0 N–H and O–H groups in total. The largest absolute Gasteiger partial charge is 0.369 e. The summed E-state index contributed by atoms with van der Waals surface area (Å²) in [7, 11) is 0. The van der Waals surface area contributed by atoms with Crippen LogP contribution in [0.2, 0.25) is 0 Å². The second-order valence-corrected chi connectivity index (χ2v) is 6.82. The van der Waals surface area contributed by atoms with Crippen molar-refractivity contribution >= 4 is 51.5 Å². The fraction of sp³-hybridized carbons (Fsp3) is 0.625. The van der Waals surface area contributed by atoms with E-state index in [-0.39, 0.29) is 0 Å². The lowest BCUT2D eigenvalue weighted by Crippen LogP contribution is -2.27. The van der Waals surface area contributed by atoms with Crippen LogP contribution in [0.3, 0.4) is 0 Å². The molecule has 0 aliphatic rings. The first-order valence-electron chi connectivity index (χ1n) is 7.23. The van der Waals surface area contributed by atoms with Crippen LogP contribution in [0.4, 0.5) is 5.69 Å². The Morgan fingerprint density at radius 1 is 1.10 bits per heavy atom. The Balaban J connectivity index is 2.49. The molecule has 0 heterocycles. The minimum absolute atomic E-state index is 0.632.